The number of nitrogens with zero attached hydrogens (tertiary/aromatic N) is 2. The molecule has 0 saturated carbocycles. The van der Waals surface area contributed by atoms with E-state index < -0.39 is 11.6 Å². The van der Waals surface area contributed by atoms with Gasteiger partial charge in [-0.25, -0.2) is 8.78 Å². The zero-order valence-electron chi connectivity index (χ0n) is 9.86. The van der Waals surface area contributed by atoms with Crippen molar-refractivity contribution in [1.29, 1.82) is 0 Å². The van der Waals surface area contributed by atoms with Gasteiger partial charge >= 0.3 is 0 Å². The molecule has 94 valence electrons. The fourth-order valence-corrected chi connectivity index (χ4v) is 1.76. The summed E-state index contributed by atoms with van der Waals surface area (Å²) < 4.78 is 27.5. The molecule has 2 aromatic rings. The largest absolute Gasteiger partial charge is 0.299 e. The molecule has 0 saturated heterocycles. The van der Waals surface area contributed by atoms with E-state index in [0.29, 0.717) is 11.3 Å². The van der Waals surface area contributed by atoms with E-state index in [2.05, 4.69) is 5.10 Å². The molecular weight excluding hydrogens is 238 g/mol. The highest BCUT2D eigenvalue weighted by Crippen LogP contribution is 2.10. The second kappa shape index (κ2) is 5.08. The Bertz CT molecular complexity index is 558. The monoisotopic (exact) mass is 250 g/mol. The van der Waals surface area contributed by atoms with Crippen LogP contribution in [0.2, 0.25) is 0 Å². The van der Waals surface area contributed by atoms with E-state index in [0.717, 1.165) is 6.07 Å². The maximum atomic E-state index is 12.9. The molecule has 0 amide bonds. The van der Waals surface area contributed by atoms with Gasteiger partial charge in [0, 0.05) is 25.7 Å². The van der Waals surface area contributed by atoms with Gasteiger partial charge in [0.05, 0.1) is 12.1 Å². The van der Waals surface area contributed by atoms with E-state index >= 15 is 0 Å². The van der Waals surface area contributed by atoms with E-state index in [4.69, 9.17) is 0 Å². The lowest BCUT2D eigenvalue weighted by molar-refractivity contribution is -0.117. The number of Topliss-reactive ketones (excluding diaryl/α,β-unsaturated/α-hetero) is 1. The number of carbonyl (C=O) groups is 1. The zero-order valence-corrected chi connectivity index (χ0v) is 9.86. The number of aromatic nitrogens is 2. The summed E-state index contributed by atoms with van der Waals surface area (Å²) in [4.78, 5) is 11.7. The Morgan fingerprint density at radius 1 is 1.22 bits per heavy atom. The molecule has 0 aliphatic carbocycles. The number of rotatable bonds is 4. The number of aryl methyl sites for hydroxylation is 1. The molecular formula is C13H12F2N2O. The van der Waals surface area contributed by atoms with Crippen molar-refractivity contribution in [3.05, 3.63) is 53.4 Å². The Hall–Kier alpha value is -2.04. The summed E-state index contributed by atoms with van der Waals surface area (Å²) in [6.07, 6.45) is 1.91. The predicted molar refractivity (Wildman–Crippen MR) is 62.0 cm³/mol. The van der Waals surface area contributed by atoms with Gasteiger partial charge in [-0.2, -0.15) is 5.10 Å². The fraction of sp³-hybridized carbons (Fsp3) is 0.231. The first-order valence-electron chi connectivity index (χ1n) is 5.48. The van der Waals surface area contributed by atoms with Crippen molar-refractivity contribution in [1.82, 2.24) is 9.78 Å². The first-order valence-corrected chi connectivity index (χ1v) is 5.48. The number of halogens is 2. The summed E-state index contributed by atoms with van der Waals surface area (Å²) in [5.41, 5.74) is 0.993. The topological polar surface area (TPSA) is 34.9 Å². The molecule has 0 unspecified atom stereocenters. The van der Waals surface area contributed by atoms with Crippen LogP contribution in [0.15, 0.2) is 30.5 Å². The molecule has 3 nitrogen and oxygen atoms in total. The second-order valence-electron chi connectivity index (χ2n) is 4.15. The standard InChI is InChI=1S/C13H12F2N2O/c1-17-3-2-12(16-17)8-13(18)6-9-4-10(14)7-11(15)5-9/h2-5,7H,6,8H2,1H3. The van der Waals surface area contributed by atoms with Crippen LogP contribution in [0.4, 0.5) is 8.78 Å². The van der Waals surface area contributed by atoms with Crippen molar-refractivity contribution < 1.29 is 13.6 Å². The van der Waals surface area contributed by atoms with Crippen molar-refractivity contribution >= 4 is 5.78 Å². The van der Waals surface area contributed by atoms with Crippen LogP contribution < -0.4 is 0 Å². The summed E-state index contributed by atoms with van der Waals surface area (Å²) >= 11 is 0. The lowest BCUT2D eigenvalue weighted by atomic mass is 10.1. The quantitative estimate of drug-likeness (QED) is 0.832. The molecule has 0 fully saturated rings. The molecule has 1 heterocycles. The molecule has 1 aromatic carbocycles. The summed E-state index contributed by atoms with van der Waals surface area (Å²) in [7, 11) is 1.76. The lowest BCUT2D eigenvalue weighted by Gasteiger charge is -2.01. The van der Waals surface area contributed by atoms with Crippen molar-refractivity contribution in [3.63, 3.8) is 0 Å². The third kappa shape index (κ3) is 3.23. The molecule has 0 aliphatic heterocycles. The van der Waals surface area contributed by atoms with Gasteiger partial charge < -0.3 is 0 Å². The normalized spacial score (nSPS) is 10.6. The maximum Gasteiger partial charge on any atom is 0.143 e. The van der Waals surface area contributed by atoms with Crippen molar-refractivity contribution in [3.8, 4) is 0 Å². The molecule has 0 radical (unpaired) electrons. The van der Waals surface area contributed by atoms with Gasteiger partial charge in [-0.3, -0.25) is 9.48 Å². The van der Waals surface area contributed by atoms with Gasteiger partial charge in [0.1, 0.15) is 17.4 Å². The van der Waals surface area contributed by atoms with Crippen LogP contribution in [-0.4, -0.2) is 15.6 Å². The van der Waals surface area contributed by atoms with Crippen LogP contribution in [0.3, 0.4) is 0 Å². The first kappa shape index (κ1) is 12.4. The SMILES string of the molecule is Cn1ccc(CC(=O)Cc2cc(F)cc(F)c2)n1. The van der Waals surface area contributed by atoms with Crippen LogP contribution in [-0.2, 0) is 24.7 Å². The van der Waals surface area contributed by atoms with Crippen LogP contribution >= 0.6 is 0 Å². The molecule has 0 spiro atoms. The minimum absolute atomic E-state index is 0.00521. The van der Waals surface area contributed by atoms with Gasteiger partial charge in [0.15, 0.2) is 0 Å². The Kier molecular flexibility index (Phi) is 3.50. The number of ketones is 1. The average Bonchev–Trinajstić information content (AvgIpc) is 2.61. The van der Waals surface area contributed by atoms with E-state index in [9.17, 15) is 13.6 Å². The molecule has 18 heavy (non-hydrogen) atoms. The van der Waals surface area contributed by atoms with E-state index in [-0.39, 0.29) is 18.6 Å². The summed E-state index contributed by atoms with van der Waals surface area (Å²) in [6.45, 7) is 0. The highest BCUT2D eigenvalue weighted by molar-refractivity contribution is 5.82. The molecule has 0 atom stereocenters. The molecule has 0 bridgehead atoms. The van der Waals surface area contributed by atoms with Gasteiger partial charge in [0.2, 0.25) is 0 Å². The first-order chi connectivity index (χ1) is 8.52. The number of hydrogen-bond donors (Lipinski definition) is 0. The highest BCUT2D eigenvalue weighted by atomic mass is 19.1. The van der Waals surface area contributed by atoms with E-state index in [1.165, 1.54) is 12.1 Å². The Morgan fingerprint density at radius 3 is 2.44 bits per heavy atom. The zero-order chi connectivity index (χ0) is 13.1. The van der Waals surface area contributed by atoms with Crippen molar-refractivity contribution in [2.45, 2.75) is 12.8 Å². The van der Waals surface area contributed by atoms with Crippen LogP contribution in [0.25, 0.3) is 0 Å². The fourth-order valence-electron chi connectivity index (χ4n) is 1.76. The summed E-state index contributed by atoms with van der Waals surface area (Å²) in [6, 6.07) is 4.86. The van der Waals surface area contributed by atoms with E-state index in [1.807, 2.05) is 0 Å². The van der Waals surface area contributed by atoms with Crippen LogP contribution in [0.5, 0.6) is 0 Å². The van der Waals surface area contributed by atoms with Gasteiger partial charge in [-0.1, -0.05) is 0 Å². The average molecular weight is 250 g/mol. The van der Waals surface area contributed by atoms with Gasteiger partial charge in [-0.05, 0) is 23.8 Å². The predicted octanol–water partition coefficient (Wildman–Crippen LogP) is 2.05. The lowest BCUT2D eigenvalue weighted by Crippen LogP contribution is -2.08. The molecule has 5 heteroatoms. The maximum absolute atomic E-state index is 12.9. The van der Waals surface area contributed by atoms with E-state index in [1.54, 1.807) is 24.0 Å². The number of carbonyl (C=O) groups excluding carboxylic acids is 1. The van der Waals surface area contributed by atoms with Crippen LogP contribution in [0.1, 0.15) is 11.3 Å². The highest BCUT2D eigenvalue weighted by Gasteiger charge is 2.09. The summed E-state index contributed by atoms with van der Waals surface area (Å²) in [5, 5.41) is 4.08. The Balaban J connectivity index is 2.02. The Morgan fingerprint density at radius 2 is 1.89 bits per heavy atom. The Labute approximate surface area is 103 Å². The smallest absolute Gasteiger partial charge is 0.143 e. The van der Waals surface area contributed by atoms with Gasteiger partial charge in [-0.15, -0.1) is 0 Å². The summed E-state index contributed by atoms with van der Waals surface area (Å²) in [5.74, 6) is -1.47. The number of hydrogen-bond acceptors (Lipinski definition) is 2. The minimum Gasteiger partial charge on any atom is -0.299 e. The van der Waals surface area contributed by atoms with Crippen molar-refractivity contribution in [2.75, 3.05) is 0 Å². The minimum atomic E-state index is -0.671. The van der Waals surface area contributed by atoms with Crippen molar-refractivity contribution in [2.24, 2.45) is 7.05 Å². The third-order valence-corrected chi connectivity index (χ3v) is 2.47. The molecule has 2 rings (SSSR count). The van der Waals surface area contributed by atoms with Gasteiger partial charge in [0.25, 0.3) is 0 Å². The number of benzene rings is 1. The molecule has 1 aromatic heterocycles. The molecule has 0 N–H and O–H groups in total. The van der Waals surface area contributed by atoms with Crippen LogP contribution in [0, 0.1) is 11.6 Å². The third-order valence-electron chi connectivity index (χ3n) is 2.47. The second-order valence-corrected chi connectivity index (χ2v) is 4.15. The molecule has 0 aliphatic rings.